The maximum atomic E-state index is 6.60. The Morgan fingerprint density at radius 1 is 0.317 bits per heavy atom. The van der Waals surface area contributed by atoms with Gasteiger partial charge in [0.15, 0.2) is 0 Å². The largest absolute Gasteiger partial charge is 0.456 e. The molecule has 8 aromatic carbocycles. The minimum absolute atomic E-state index is 0.907. The minimum Gasteiger partial charge on any atom is -0.456 e. The number of hydrogen-bond acceptors (Lipinski definition) is 1. The van der Waals surface area contributed by atoms with Crippen LogP contribution in [0.5, 0.6) is 11.5 Å². The van der Waals surface area contributed by atoms with Gasteiger partial charge in [-0.1, -0.05) is 109 Å². The van der Waals surface area contributed by atoms with Gasteiger partial charge in [0, 0.05) is 10.9 Å². The lowest BCUT2D eigenvalue weighted by Crippen LogP contribution is -1.98. The highest BCUT2D eigenvalue weighted by atomic mass is 16.5. The normalized spacial score (nSPS) is 12.1. The van der Waals surface area contributed by atoms with Crippen molar-refractivity contribution in [1.29, 1.82) is 0 Å². The van der Waals surface area contributed by atoms with Crippen LogP contribution in [0.15, 0.2) is 146 Å². The molecule has 8 aromatic rings. The predicted molar refractivity (Wildman–Crippen MR) is 173 cm³/mol. The molecule has 0 atom stereocenters. The van der Waals surface area contributed by atoms with E-state index in [0.717, 1.165) is 22.6 Å². The zero-order chi connectivity index (χ0) is 26.9. The quantitative estimate of drug-likeness (QED) is 0.206. The number of rotatable bonds is 2. The van der Waals surface area contributed by atoms with Crippen LogP contribution in [0.4, 0.5) is 0 Å². The van der Waals surface area contributed by atoms with Crippen LogP contribution in [0.1, 0.15) is 0 Å². The first-order valence-corrected chi connectivity index (χ1v) is 14.1. The van der Waals surface area contributed by atoms with Crippen molar-refractivity contribution in [2.75, 3.05) is 0 Å². The molecule has 0 saturated carbocycles. The van der Waals surface area contributed by atoms with Gasteiger partial charge >= 0.3 is 0 Å². The third-order valence-electron chi connectivity index (χ3n) is 8.60. The Morgan fingerprint density at radius 2 is 0.878 bits per heavy atom. The van der Waals surface area contributed by atoms with E-state index in [1.807, 2.05) is 0 Å². The molecular weight excluding hydrogens is 496 g/mol. The third-order valence-corrected chi connectivity index (χ3v) is 8.60. The summed E-state index contributed by atoms with van der Waals surface area (Å²) in [6.07, 6.45) is 0. The SMILES string of the molecule is c1ccc2cc(-c3ccc4cc(-c5ccc6c(c5)Oc5cc7ccccc7c7cccc-6c57)ccc4c3)ccc2c1. The van der Waals surface area contributed by atoms with E-state index in [-0.39, 0.29) is 0 Å². The van der Waals surface area contributed by atoms with Gasteiger partial charge in [0.05, 0.1) is 0 Å². The van der Waals surface area contributed by atoms with Crippen molar-refractivity contribution in [2.45, 2.75) is 0 Å². The Kier molecular flexibility index (Phi) is 4.67. The predicted octanol–water partition coefficient (Wildman–Crippen LogP) is 11.4. The van der Waals surface area contributed by atoms with Crippen LogP contribution in [0, 0.1) is 0 Å². The first-order valence-electron chi connectivity index (χ1n) is 14.1. The fraction of sp³-hybridized carbons (Fsp3) is 0. The fourth-order valence-corrected chi connectivity index (χ4v) is 6.53. The summed E-state index contributed by atoms with van der Waals surface area (Å²) in [7, 11) is 0. The molecule has 0 saturated heterocycles. The van der Waals surface area contributed by atoms with Gasteiger partial charge in [-0.3, -0.25) is 0 Å². The van der Waals surface area contributed by atoms with Crippen LogP contribution in [0.3, 0.4) is 0 Å². The Bertz CT molecular complexity index is 2340. The maximum absolute atomic E-state index is 6.60. The molecule has 0 N–H and O–H groups in total. The third kappa shape index (κ3) is 3.49. The average molecular weight is 521 g/mol. The van der Waals surface area contributed by atoms with Crippen molar-refractivity contribution in [2.24, 2.45) is 0 Å². The summed E-state index contributed by atoms with van der Waals surface area (Å²) >= 11 is 0. The fourth-order valence-electron chi connectivity index (χ4n) is 6.53. The van der Waals surface area contributed by atoms with E-state index in [0.29, 0.717) is 0 Å². The van der Waals surface area contributed by atoms with Crippen molar-refractivity contribution in [1.82, 2.24) is 0 Å². The maximum Gasteiger partial charge on any atom is 0.136 e. The van der Waals surface area contributed by atoms with Gasteiger partial charge in [-0.25, -0.2) is 0 Å². The summed E-state index contributed by atoms with van der Waals surface area (Å²) in [5.41, 5.74) is 7.19. The molecule has 0 bridgehead atoms. The monoisotopic (exact) mass is 520 g/mol. The summed E-state index contributed by atoms with van der Waals surface area (Å²) in [4.78, 5) is 0. The van der Waals surface area contributed by atoms with Crippen LogP contribution in [-0.2, 0) is 0 Å². The molecule has 0 unspecified atom stereocenters. The van der Waals surface area contributed by atoms with E-state index < -0.39 is 0 Å². The highest BCUT2D eigenvalue weighted by Gasteiger charge is 2.22. The molecule has 0 amide bonds. The van der Waals surface area contributed by atoms with E-state index >= 15 is 0 Å². The Balaban J connectivity index is 1.11. The van der Waals surface area contributed by atoms with Gasteiger partial charge < -0.3 is 4.74 Å². The van der Waals surface area contributed by atoms with Crippen LogP contribution in [-0.4, -0.2) is 0 Å². The standard InChI is InChI=1S/C40H24O/c1-2-7-26-20-27(13-12-25(26)6-1)28-14-15-30-22-31(17-16-29(30)21-28)32-18-19-35-37-11-5-10-36-34-9-4-3-8-33(34)24-39(40(36)37)41-38(35)23-32/h1-24H. The number of benzene rings is 8. The van der Waals surface area contributed by atoms with Crippen LogP contribution in [0.25, 0.3) is 76.5 Å². The second kappa shape index (κ2) is 8.55. The highest BCUT2D eigenvalue weighted by Crippen LogP contribution is 2.49. The molecular formula is C40H24O. The van der Waals surface area contributed by atoms with Gasteiger partial charge in [-0.05, 0) is 102 Å². The van der Waals surface area contributed by atoms with Gasteiger partial charge in [0.1, 0.15) is 11.5 Å². The number of ether oxygens (including phenoxy) is 1. The molecule has 1 aliphatic heterocycles. The first-order chi connectivity index (χ1) is 20.3. The van der Waals surface area contributed by atoms with Gasteiger partial charge in [-0.15, -0.1) is 0 Å². The first kappa shape index (κ1) is 22.4. The van der Waals surface area contributed by atoms with Crippen molar-refractivity contribution < 1.29 is 4.74 Å². The van der Waals surface area contributed by atoms with Gasteiger partial charge in [0.2, 0.25) is 0 Å². The Morgan fingerprint density at radius 3 is 1.63 bits per heavy atom. The lowest BCUT2D eigenvalue weighted by atomic mass is 9.90. The average Bonchev–Trinajstić information content (AvgIpc) is 3.04. The summed E-state index contributed by atoms with van der Waals surface area (Å²) < 4.78 is 6.60. The number of fused-ring (bicyclic) bond motifs is 6. The molecule has 9 rings (SSSR count). The molecule has 0 spiro atoms. The smallest absolute Gasteiger partial charge is 0.136 e. The summed E-state index contributed by atoms with van der Waals surface area (Å²) in [6.45, 7) is 0. The molecule has 1 heterocycles. The van der Waals surface area contributed by atoms with E-state index in [4.69, 9.17) is 4.74 Å². The molecule has 1 nitrogen and oxygen atoms in total. The minimum atomic E-state index is 0.907. The zero-order valence-corrected chi connectivity index (χ0v) is 22.3. The lowest BCUT2D eigenvalue weighted by Gasteiger charge is -2.23. The van der Waals surface area contributed by atoms with E-state index in [9.17, 15) is 0 Å². The lowest BCUT2D eigenvalue weighted by molar-refractivity contribution is 0.488. The molecule has 190 valence electrons. The Hall–Kier alpha value is -5.40. The summed E-state index contributed by atoms with van der Waals surface area (Å²) in [5, 5.41) is 9.89. The second-order valence-corrected chi connectivity index (χ2v) is 11.0. The van der Waals surface area contributed by atoms with Crippen molar-refractivity contribution >= 4 is 43.1 Å². The molecule has 0 aliphatic carbocycles. The van der Waals surface area contributed by atoms with Crippen molar-refractivity contribution in [3.05, 3.63) is 146 Å². The molecule has 0 aromatic heterocycles. The number of hydrogen-bond donors (Lipinski definition) is 0. The van der Waals surface area contributed by atoms with Gasteiger partial charge in [0.25, 0.3) is 0 Å². The summed E-state index contributed by atoms with van der Waals surface area (Å²) in [6, 6.07) is 52.6. The Labute approximate surface area is 237 Å². The topological polar surface area (TPSA) is 9.23 Å². The van der Waals surface area contributed by atoms with Gasteiger partial charge in [-0.2, -0.15) is 0 Å². The highest BCUT2D eigenvalue weighted by molar-refractivity contribution is 6.16. The van der Waals surface area contributed by atoms with Crippen LogP contribution >= 0.6 is 0 Å². The van der Waals surface area contributed by atoms with E-state index in [2.05, 4.69) is 146 Å². The zero-order valence-electron chi connectivity index (χ0n) is 22.3. The van der Waals surface area contributed by atoms with E-state index in [1.165, 1.54) is 65.3 Å². The van der Waals surface area contributed by atoms with Crippen molar-refractivity contribution in [3.8, 4) is 44.9 Å². The second-order valence-electron chi connectivity index (χ2n) is 11.0. The van der Waals surface area contributed by atoms with Crippen LogP contribution in [0.2, 0.25) is 0 Å². The summed E-state index contributed by atoms with van der Waals surface area (Å²) in [5.74, 6) is 1.84. The van der Waals surface area contributed by atoms with Crippen LogP contribution < -0.4 is 4.74 Å². The molecule has 0 radical (unpaired) electrons. The van der Waals surface area contributed by atoms with Crippen molar-refractivity contribution in [3.63, 3.8) is 0 Å². The van der Waals surface area contributed by atoms with E-state index in [1.54, 1.807) is 0 Å². The molecule has 1 aliphatic rings. The molecule has 1 heteroatoms. The molecule has 41 heavy (non-hydrogen) atoms. The molecule has 0 fully saturated rings.